The summed E-state index contributed by atoms with van der Waals surface area (Å²) in [6.45, 7) is 12.2. The number of rotatable bonds is 19. The number of urea groups is 1. The molecule has 0 aliphatic carbocycles. The zero-order valence-electron chi connectivity index (χ0n) is 36.6. The lowest BCUT2D eigenvalue weighted by molar-refractivity contribution is 0.0255. The van der Waals surface area contributed by atoms with Crippen LogP contribution in [0.15, 0.2) is 97.2 Å². The standard InChI is InChI=1S/C48H54N7O7P/c1-8-33-26-35(28-36(27-33)46(56)50-20-21-60-24-25-61-23-22-59-5)30-43-49-19-18-45(52-43)62-41-17-16-40(38-14-9-10-15-39(38)41)51-47(57)53-44-31-42(48(2,3)4)54-55(44)37-13-11-12-34(29-37)32-63(6,7)58/h1,9-19,26-29,31H,20-25,30,32H2,2-7H3,(H,50,56)(H2,51,53,57). The van der Waals surface area contributed by atoms with Gasteiger partial charge in [0.05, 0.1) is 57.2 Å². The summed E-state index contributed by atoms with van der Waals surface area (Å²) >= 11 is 0. The average Bonchev–Trinajstić information content (AvgIpc) is 3.68. The molecule has 63 heavy (non-hydrogen) atoms. The van der Waals surface area contributed by atoms with E-state index in [1.807, 2.05) is 60.7 Å². The number of aromatic nitrogens is 4. The Morgan fingerprint density at radius 3 is 2.35 bits per heavy atom. The van der Waals surface area contributed by atoms with E-state index in [2.05, 4.69) is 52.6 Å². The van der Waals surface area contributed by atoms with Gasteiger partial charge < -0.3 is 34.1 Å². The number of hydrogen-bond acceptors (Lipinski definition) is 10. The van der Waals surface area contributed by atoms with Gasteiger partial charge in [0, 0.05) is 71.9 Å². The number of amides is 3. The first kappa shape index (κ1) is 46.2. The van der Waals surface area contributed by atoms with Crippen LogP contribution in [0, 0.1) is 12.3 Å². The van der Waals surface area contributed by atoms with Crippen molar-refractivity contribution in [3.05, 3.63) is 131 Å². The molecule has 15 heteroatoms. The third kappa shape index (κ3) is 13.3. The predicted molar refractivity (Wildman–Crippen MR) is 247 cm³/mol. The number of benzene rings is 4. The van der Waals surface area contributed by atoms with E-state index in [0.717, 1.165) is 33.3 Å². The minimum Gasteiger partial charge on any atom is -0.438 e. The van der Waals surface area contributed by atoms with Gasteiger partial charge in [-0.25, -0.2) is 14.5 Å². The number of fused-ring (bicyclic) bond motifs is 1. The zero-order valence-corrected chi connectivity index (χ0v) is 37.5. The molecule has 0 radical (unpaired) electrons. The van der Waals surface area contributed by atoms with Crippen LogP contribution in [0.1, 0.15) is 59.3 Å². The maximum absolute atomic E-state index is 13.7. The molecular formula is C48H54N7O7P. The second-order valence-electron chi connectivity index (χ2n) is 16.3. The number of nitrogens with one attached hydrogen (secondary N) is 3. The molecule has 0 atom stereocenters. The minimum atomic E-state index is -2.32. The Morgan fingerprint density at radius 1 is 0.841 bits per heavy atom. The molecule has 2 aromatic heterocycles. The second kappa shape index (κ2) is 21.1. The van der Waals surface area contributed by atoms with Crippen molar-refractivity contribution in [2.75, 3.05) is 70.7 Å². The molecule has 4 aromatic carbocycles. The van der Waals surface area contributed by atoms with Crippen molar-refractivity contribution >= 4 is 41.4 Å². The van der Waals surface area contributed by atoms with Crippen molar-refractivity contribution in [2.45, 2.75) is 38.8 Å². The Hall–Kier alpha value is -6.36. The van der Waals surface area contributed by atoms with E-state index in [1.165, 1.54) is 0 Å². The summed E-state index contributed by atoms with van der Waals surface area (Å²) in [5.41, 5.74) is 4.46. The summed E-state index contributed by atoms with van der Waals surface area (Å²) < 4.78 is 36.5. The number of nitrogens with zero attached hydrogens (tertiary/aromatic N) is 4. The lowest BCUT2D eigenvalue weighted by atomic mass is 9.92. The van der Waals surface area contributed by atoms with Crippen LogP contribution in [0.25, 0.3) is 16.5 Å². The number of carbonyl (C=O) groups is 2. The number of methoxy groups -OCH3 is 1. The smallest absolute Gasteiger partial charge is 0.324 e. The number of ether oxygens (including phenoxy) is 4. The molecule has 3 amide bonds. The highest BCUT2D eigenvalue weighted by Gasteiger charge is 2.23. The zero-order chi connectivity index (χ0) is 45.0. The van der Waals surface area contributed by atoms with Crippen molar-refractivity contribution in [2.24, 2.45) is 0 Å². The molecule has 0 unspecified atom stereocenters. The fraction of sp³-hybridized carbons (Fsp3) is 0.312. The SMILES string of the molecule is C#Cc1cc(Cc2nccc(Oc3ccc(NC(=O)Nc4cc(C(C)(C)C)nn4-c4cccc(CP(C)(C)=O)c4)c4ccccc34)n2)cc(C(=O)NCCOCCOCCOC)c1. The first-order valence-corrected chi connectivity index (χ1v) is 23.3. The van der Waals surface area contributed by atoms with Gasteiger partial charge in [0.15, 0.2) is 0 Å². The van der Waals surface area contributed by atoms with Crippen LogP contribution >= 0.6 is 7.14 Å². The van der Waals surface area contributed by atoms with Crippen LogP contribution in [0.2, 0.25) is 0 Å². The van der Waals surface area contributed by atoms with E-state index in [1.54, 1.807) is 61.6 Å². The number of hydrogen-bond donors (Lipinski definition) is 3. The lowest BCUT2D eigenvalue weighted by Gasteiger charge is -2.15. The molecule has 6 rings (SSSR count). The quantitative estimate of drug-likeness (QED) is 0.0407. The Labute approximate surface area is 368 Å². The minimum absolute atomic E-state index is 0.279. The molecule has 0 aliphatic heterocycles. The van der Waals surface area contributed by atoms with Gasteiger partial charge in [-0.05, 0) is 66.9 Å². The van der Waals surface area contributed by atoms with Crippen LogP contribution in [-0.2, 0) is 36.8 Å². The van der Waals surface area contributed by atoms with Gasteiger partial charge in [-0.15, -0.1) is 6.42 Å². The summed E-state index contributed by atoms with van der Waals surface area (Å²) in [4.78, 5) is 35.9. The second-order valence-corrected chi connectivity index (χ2v) is 19.8. The predicted octanol–water partition coefficient (Wildman–Crippen LogP) is 8.65. The van der Waals surface area contributed by atoms with Crippen molar-refractivity contribution in [1.82, 2.24) is 25.1 Å². The van der Waals surface area contributed by atoms with Crippen LogP contribution in [-0.4, -0.2) is 91.7 Å². The molecule has 14 nitrogen and oxygen atoms in total. The van der Waals surface area contributed by atoms with Crippen molar-refractivity contribution < 1.29 is 33.1 Å². The van der Waals surface area contributed by atoms with Crippen LogP contribution < -0.4 is 20.7 Å². The van der Waals surface area contributed by atoms with Gasteiger partial charge in [-0.2, -0.15) is 10.1 Å². The van der Waals surface area contributed by atoms with Crippen LogP contribution in [0.4, 0.5) is 16.3 Å². The third-order valence-corrected chi connectivity index (χ3v) is 10.7. The molecule has 0 bridgehead atoms. The van der Waals surface area contributed by atoms with E-state index in [9.17, 15) is 14.2 Å². The van der Waals surface area contributed by atoms with E-state index in [0.29, 0.717) is 92.2 Å². The highest BCUT2D eigenvalue weighted by molar-refractivity contribution is 7.61. The largest absolute Gasteiger partial charge is 0.438 e. The molecule has 2 heterocycles. The molecule has 6 aromatic rings. The Bertz CT molecular complexity index is 2640. The maximum atomic E-state index is 13.7. The lowest BCUT2D eigenvalue weighted by Crippen LogP contribution is -2.28. The van der Waals surface area contributed by atoms with E-state index >= 15 is 0 Å². The van der Waals surface area contributed by atoms with Crippen LogP contribution in [0.5, 0.6) is 11.6 Å². The fourth-order valence-electron chi connectivity index (χ4n) is 6.63. The third-order valence-electron chi connectivity index (χ3n) is 9.58. The van der Waals surface area contributed by atoms with Gasteiger partial charge >= 0.3 is 6.03 Å². The average molecular weight is 872 g/mol. The highest BCUT2D eigenvalue weighted by Crippen LogP contribution is 2.41. The molecule has 328 valence electrons. The van der Waals surface area contributed by atoms with Crippen molar-refractivity contribution in [1.29, 1.82) is 0 Å². The van der Waals surface area contributed by atoms with Gasteiger partial charge in [0.25, 0.3) is 5.91 Å². The van der Waals surface area contributed by atoms with Gasteiger partial charge in [0.2, 0.25) is 5.88 Å². The first-order valence-electron chi connectivity index (χ1n) is 20.6. The molecule has 0 aliphatic rings. The van der Waals surface area contributed by atoms with Crippen LogP contribution in [0.3, 0.4) is 0 Å². The molecule has 0 spiro atoms. The number of carbonyl (C=O) groups excluding carboxylic acids is 2. The van der Waals surface area contributed by atoms with E-state index in [-0.39, 0.29) is 11.3 Å². The van der Waals surface area contributed by atoms with Crippen molar-refractivity contribution in [3.8, 4) is 29.7 Å². The maximum Gasteiger partial charge on any atom is 0.324 e. The molecule has 0 saturated carbocycles. The Kier molecular flexibility index (Phi) is 15.5. The van der Waals surface area contributed by atoms with E-state index < -0.39 is 13.2 Å². The Balaban J connectivity index is 1.13. The fourth-order valence-corrected chi connectivity index (χ4v) is 7.70. The summed E-state index contributed by atoms with van der Waals surface area (Å²) in [6.07, 6.45) is 8.12. The van der Waals surface area contributed by atoms with Gasteiger partial charge in [0.1, 0.15) is 17.4 Å². The summed E-state index contributed by atoms with van der Waals surface area (Å²) in [6, 6.07) is 27.2. The molecule has 0 saturated heterocycles. The molecule has 3 N–H and O–H groups in total. The topological polar surface area (TPSA) is 168 Å². The molecule has 0 fully saturated rings. The summed E-state index contributed by atoms with van der Waals surface area (Å²) in [7, 11) is -0.700. The number of anilines is 2. The highest BCUT2D eigenvalue weighted by atomic mass is 31.2. The van der Waals surface area contributed by atoms with E-state index in [4.69, 9.17) is 30.5 Å². The monoisotopic (exact) mass is 871 g/mol. The number of terminal acetylenes is 1. The van der Waals surface area contributed by atoms with Gasteiger partial charge in [-0.1, -0.05) is 63.1 Å². The first-order chi connectivity index (χ1) is 30.2. The van der Waals surface area contributed by atoms with Gasteiger partial charge in [-0.3, -0.25) is 10.1 Å². The Morgan fingerprint density at radius 2 is 1.60 bits per heavy atom. The normalized spacial score (nSPS) is 11.6. The molecular weight excluding hydrogens is 818 g/mol. The van der Waals surface area contributed by atoms with Crippen molar-refractivity contribution in [3.63, 3.8) is 0 Å². The summed E-state index contributed by atoms with van der Waals surface area (Å²) in [5, 5.41) is 15.2. The summed E-state index contributed by atoms with van der Waals surface area (Å²) in [5.74, 6) is 4.13.